The Kier molecular flexibility index (Phi) is 3.48. The Bertz CT molecular complexity index is 666. The molecule has 1 N–H and O–H groups in total. The highest BCUT2D eigenvalue weighted by atomic mass is 19.4. The predicted molar refractivity (Wildman–Crippen MR) is 66.4 cm³/mol. The SMILES string of the molecule is Cc1cc(C(F)(F)F)cc(-c2cccc(C(=O)O)c2)n1. The standard InChI is InChI=1S/C14H10F3NO2/c1-8-5-11(14(15,16)17)7-12(18-8)9-3-2-4-10(6-9)13(19)20/h2-7H,1H3,(H,19,20). The van der Waals surface area contributed by atoms with E-state index in [1.165, 1.54) is 31.2 Å². The van der Waals surface area contributed by atoms with E-state index in [-0.39, 0.29) is 17.0 Å². The number of nitrogens with zero attached hydrogens (tertiary/aromatic N) is 1. The van der Waals surface area contributed by atoms with Gasteiger partial charge >= 0.3 is 12.1 Å². The highest BCUT2D eigenvalue weighted by Crippen LogP contribution is 2.32. The summed E-state index contributed by atoms with van der Waals surface area (Å²) >= 11 is 0. The van der Waals surface area contributed by atoms with E-state index in [1.54, 1.807) is 0 Å². The molecule has 1 aromatic carbocycles. The normalized spacial score (nSPS) is 11.4. The number of carbonyl (C=O) groups is 1. The first-order valence-electron chi connectivity index (χ1n) is 5.67. The summed E-state index contributed by atoms with van der Waals surface area (Å²) in [5.41, 5.74) is -0.157. The molecule has 2 rings (SSSR count). The molecule has 0 saturated heterocycles. The van der Waals surface area contributed by atoms with E-state index < -0.39 is 17.7 Å². The first kappa shape index (κ1) is 14.0. The maximum absolute atomic E-state index is 12.7. The van der Waals surface area contributed by atoms with Gasteiger partial charge in [0.25, 0.3) is 0 Å². The molecule has 1 heterocycles. The summed E-state index contributed by atoms with van der Waals surface area (Å²) in [7, 11) is 0. The number of halogens is 3. The molecule has 20 heavy (non-hydrogen) atoms. The molecule has 0 amide bonds. The number of rotatable bonds is 2. The van der Waals surface area contributed by atoms with Gasteiger partial charge < -0.3 is 5.11 Å². The number of aryl methyl sites for hydroxylation is 1. The summed E-state index contributed by atoms with van der Waals surface area (Å²) in [4.78, 5) is 14.9. The van der Waals surface area contributed by atoms with Gasteiger partial charge in [-0.2, -0.15) is 13.2 Å². The summed E-state index contributed by atoms with van der Waals surface area (Å²) < 4.78 is 38.2. The Morgan fingerprint density at radius 3 is 2.50 bits per heavy atom. The Morgan fingerprint density at radius 1 is 1.20 bits per heavy atom. The summed E-state index contributed by atoms with van der Waals surface area (Å²) in [5.74, 6) is -1.14. The zero-order valence-electron chi connectivity index (χ0n) is 10.4. The number of alkyl halides is 3. The van der Waals surface area contributed by atoms with Crippen molar-refractivity contribution in [2.45, 2.75) is 13.1 Å². The van der Waals surface area contributed by atoms with E-state index in [0.29, 0.717) is 5.56 Å². The second-order valence-corrected chi connectivity index (χ2v) is 4.27. The van der Waals surface area contributed by atoms with Gasteiger partial charge in [0.2, 0.25) is 0 Å². The van der Waals surface area contributed by atoms with Crippen LogP contribution in [0.5, 0.6) is 0 Å². The van der Waals surface area contributed by atoms with Crippen LogP contribution in [0.1, 0.15) is 21.6 Å². The number of pyridine rings is 1. The van der Waals surface area contributed by atoms with Gasteiger partial charge in [0.1, 0.15) is 0 Å². The van der Waals surface area contributed by atoms with Crippen LogP contribution in [0.15, 0.2) is 36.4 Å². The summed E-state index contributed by atoms with van der Waals surface area (Å²) in [6, 6.07) is 7.51. The molecular weight excluding hydrogens is 271 g/mol. The average Bonchev–Trinajstić information content (AvgIpc) is 2.37. The van der Waals surface area contributed by atoms with Gasteiger partial charge in [-0.15, -0.1) is 0 Å². The smallest absolute Gasteiger partial charge is 0.416 e. The third-order valence-electron chi connectivity index (χ3n) is 2.69. The van der Waals surface area contributed by atoms with Crippen molar-refractivity contribution in [1.29, 1.82) is 0 Å². The molecule has 1 aromatic heterocycles. The maximum Gasteiger partial charge on any atom is 0.416 e. The van der Waals surface area contributed by atoms with Gasteiger partial charge in [0.15, 0.2) is 0 Å². The lowest BCUT2D eigenvalue weighted by Gasteiger charge is -2.10. The number of carboxylic acid groups (broad SMARTS) is 1. The fourth-order valence-corrected chi connectivity index (χ4v) is 1.79. The van der Waals surface area contributed by atoms with E-state index in [0.717, 1.165) is 12.1 Å². The van der Waals surface area contributed by atoms with Crippen LogP contribution in [-0.2, 0) is 6.18 Å². The molecule has 0 unspecified atom stereocenters. The first-order chi connectivity index (χ1) is 9.27. The molecule has 104 valence electrons. The van der Waals surface area contributed by atoms with Gasteiger partial charge in [0.05, 0.1) is 16.8 Å². The second-order valence-electron chi connectivity index (χ2n) is 4.27. The molecule has 0 fully saturated rings. The van der Waals surface area contributed by atoms with Crippen molar-refractivity contribution >= 4 is 5.97 Å². The fraction of sp³-hybridized carbons (Fsp3) is 0.143. The average molecular weight is 281 g/mol. The van der Waals surface area contributed by atoms with Gasteiger partial charge in [-0.05, 0) is 31.2 Å². The Hall–Kier alpha value is -2.37. The lowest BCUT2D eigenvalue weighted by Crippen LogP contribution is -2.06. The molecule has 2 aromatic rings. The number of hydrogen-bond donors (Lipinski definition) is 1. The van der Waals surface area contributed by atoms with Crippen LogP contribution in [0, 0.1) is 6.92 Å². The van der Waals surface area contributed by atoms with Crippen LogP contribution in [0.2, 0.25) is 0 Å². The summed E-state index contributed by atoms with van der Waals surface area (Å²) in [6.45, 7) is 1.46. The van der Waals surface area contributed by atoms with Crippen molar-refractivity contribution in [2.75, 3.05) is 0 Å². The van der Waals surface area contributed by atoms with E-state index >= 15 is 0 Å². The van der Waals surface area contributed by atoms with Gasteiger partial charge in [-0.25, -0.2) is 4.79 Å². The topological polar surface area (TPSA) is 50.2 Å². The van der Waals surface area contributed by atoms with E-state index in [2.05, 4.69) is 4.98 Å². The minimum atomic E-state index is -4.47. The van der Waals surface area contributed by atoms with Gasteiger partial charge in [0, 0.05) is 11.3 Å². The Morgan fingerprint density at radius 2 is 1.90 bits per heavy atom. The van der Waals surface area contributed by atoms with Crippen molar-refractivity contribution in [3.8, 4) is 11.3 Å². The number of benzene rings is 1. The quantitative estimate of drug-likeness (QED) is 0.911. The van der Waals surface area contributed by atoms with E-state index in [9.17, 15) is 18.0 Å². The van der Waals surface area contributed by atoms with Crippen LogP contribution < -0.4 is 0 Å². The predicted octanol–water partition coefficient (Wildman–Crippen LogP) is 3.77. The molecule has 0 aliphatic carbocycles. The van der Waals surface area contributed by atoms with Crippen LogP contribution in [-0.4, -0.2) is 16.1 Å². The lowest BCUT2D eigenvalue weighted by molar-refractivity contribution is -0.137. The molecule has 0 radical (unpaired) electrons. The minimum absolute atomic E-state index is 0.000588. The zero-order valence-corrected chi connectivity index (χ0v) is 10.4. The summed E-state index contributed by atoms with van der Waals surface area (Å²) in [6.07, 6.45) is -4.47. The van der Waals surface area contributed by atoms with Crippen LogP contribution in [0.25, 0.3) is 11.3 Å². The molecule has 0 atom stereocenters. The maximum atomic E-state index is 12.7. The van der Waals surface area contributed by atoms with Crippen molar-refractivity contribution in [2.24, 2.45) is 0 Å². The van der Waals surface area contributed by atoms with Gasteiger partial charge in [-0.3, -0.25) is 4.98 Å². The third kappa shape index (κ3) is 2.96. The van der Waals surface area contributed by atoms with Crippen LogP contribution in [0.4, 0.5) is 13.2 Å². The van der Waals surface area contributed by atoms with Crippen molar-refractivity contribution < 1.29 is 23.1 Å². The number of carboxylic acids is 1. The van der Waals surface area contributed by atoms with Gasteiger partial charge in [-0.1, -0.05) is 12.1 Å². The first-order valence-corrected chi connectivity index (χ1v) is 5.67. The highest BCUT2D eigenvalue weighted by Gasteiger charge is 2.31. The molecule has 0 saturated carbocycles. The highest BCUT2D eigenvalue weighted by molar-refractivity contribution is 5.89. The molecular formula is C14H10F3NO2. The second kappa shape index (κ2) is 4.96. The van der Waals surface area contributed by atoms with E-state index in [4.69, 9.17) is 5.11 Å². The van der Waals surface area contributed by atoms with Crippen LogP contribution in [0.3, 0.4) is 0 Å². The minimum Gasteiger partial charge on any atom is -0.478 e. The molecule has 0 aliphatic heterocycles. The largest absolute Gasteiger partial charge is 0.478 e. The van der Waals surface area contributed by atoms with Crippen LogP contribution >= 0.6 is 0 Å². The molecule has 3 nitrogen and oxygen atoms in total. The fourth-order valence-electron chi connectivity index (χ4n) is 1.79. The lowest BCUT2D eigenvalue weighted by atomic mass is 10.1. The number of hydrogen-bond acceptors (Lipinski definition) is 2. The molecule has 0 bridgehead atoms. The Labute approximate surface area is 112 Å². The Balaban J connectivity index is 2.55. The zero-order chi connectivity index (χ0) is 14.9. The number of aromatic nitrogens is 1. The van der Waals surface area contributed by atoms with Crippen molar-refractivity contribution in [3.63, 3.8) is 0 Å². The third-order valence-corrected chi connectivity index (χ3v) is 2.69. The monoisotopic (exact) mass is 281 g/mol. The molecule has 0 spiro atoms. The van der Waals surface area contributed by atoms with Crippen molar-refractivity contribution in [1.82, 2.24) is 4.98 Å². The number of aromatic carboxylic acids is 1. The molecule has 0 aliphatic rings. The molecule has 6 heteroatoms. The summed E-state index contributed by atoms with van der Waals surface area (Å²) in [5, 5.41) is 8.89. The van der Waals surface area contributed by atoms with Crippen molar-refractivity contribution in [3.05, 3.63) is 53.2 Å². The van der Waals surface area contributed by atoms with E-state index in [1.807, 2.05) is 0 Å².